The molecule has 100 valence electrons. The Morgan fingerprint density at radius 3 is 2.72 bits per heavy atom. The van der Waals surface area contributed by atoms with Gasteiger partial charge in [0.05, 0.1) is 7.11 Å². The van der Waals surface area contributed by atoms with Crippen LogP contribution >= 0.6 is 0 Å². The van der Waals surface area contributed by atoms with E-state index in [2.05, 4.69) is 37.5 Å². The first-order chi connectivity index (χ1) is 8.74. The van der Waals surface area contributed by atoms with Crippen LogP contribution in [0, 0.1) is 11.8 Å². The molecule has 0 bridgehead atoms. The van der Waals surface area contributed by atoms with E-state index in [1.807, 2.05) is 6.07 Å². The molecule has 3 unspecified atom stereocenters. The first-order valence-electron chi connectivity index (χ1n) is 7.03. The van der Waals surface area contributed by atoms with Crippen molar-refractivity contribution in [2.24, 2.45) is 11.8 Å². The van der Waals surface area contributed by atoms with Crippen LogP contribution in [0.15, 0.2) is 24.3 Å². The summed E-state index contributed by atoms with van der Waals surface area (Å²) in [5.41, 5.74) is 1.32. The highest BCUT2D eigenvalue weighted by atomic mass is 16.5. The Morgan fingerprint density at radius 2 is 2.11 bits per heavy atom. The van der Waals surface area contributed by atoms with Gasteiger partial charge in [-0.2, -0.15) is 0 Å². The lowest BCUT2D eigenvalue weighted by Gasteiger charge is -2.24. The number of ether oxygens (including phenoxy) is 1. The summed E-state index contributed by atoms with van der Waals surface area (Å²) < 4.78 is 5.45. The van der Waals surface area contributed by atoms with Crippen molar-refractivity contribution >= 4 is 0 Å². The van der Waals surface area contributed by atoms with Gasteiger partial charge in [-0.25, -0.2) is 0 Å². The van der Waals surface area contributed by atoms with Gasteiger partial charge in [0, 0.05) is 6.04 Å². The Kier molecular flexibility index (Phi) is 4.65. The predicted octanol–water partition coefficient (Wildman–Crippen LogP) is 3.26. The first kappa shape index (κ1) is 13.4. The summed E-state index contributed by atoms with van der Waals surface area (Å²) in [7, 11) is 3.84. The standard InChI is InChI=1S/C16H25NO/c1-12-8-9-13(10-12)15(17-2)11-14-6-4-5-7-16(14)18-3/h4-7,12-13,15,17H,8-11H2,1-3H3. The Bertz CT molecular complexity index is 377. The number of para-hydroxylation sites is 1. The Labute approximate surface area is 111 Å². The second kappa shape index (κ2) is 6.24. The minimum atomic E-state index is 0.575. The highest BCUT2D eigenvalue weighted by Gasteiger charge is 2.28. The summed E-state index contributed by atoms with van der Waals surface area (Å²) in [6, 6.07) is 8.95. The van der Waals surface area contributed by atoms with Gasteiger partial charge in [-0.15, -0.1) is 0 Å². The van der Waals surface area contributed by atoms with Crippen molar-refractivity contribution in [2.75, 3.05) is 14.2 Å². The van der Waals surface area contributed by atoms with E-state index in [9.17, 15) is 0 Å². The third kappa shape index (κ3) is 3.05. The molecule has 2 rings (SSSR count). The molecule has 0 radical (unpaired) electrons. The molecular weight excluding hydrogens is 222 g/mol. The van der Waals surface area contributed by atoms with Crippen LogP contribution in [-0.4, -0.2) is 20.2 Å². The number of hydrogen-bond acceptors (Lipinski definition) is 2. The molecule has 0 heterocycles. The number of likely N-dealkylation sites (N-methyl/N-ethyl adjacent to an activating group) is 1. The van der Waals surface area contributed by atoms with Crippen molar-refractivity contribution in [2.45, 2.75) is 38.6 Å². The van der Waals surface area contributed by atoms with Crippen LogP contribution < -0.4 is 10.1 Å². The van der Waals surface area contributed by atoms with E-state index in [1.165, 1.54) is 24.8 Å². The van der Waals surface area contributed by atoms with Crippen molar-refractivity contribution < 1.29 is 4.74 Å². The van der Waals surface area contributed by atoms with Crippen LogP contribution in [-0.2, 0) is 6.42 Å². The van der Waals surface area contributed by atoms with E-state index in [-0.39, 0.29) is 0 Å². The highest BCUT2D eigenvalue weighted by Crippen LogP contribution is 2.34. The second-order valence-corrected chi connectivity index (χ2v) is 5.59. The van der Waals surface area contributed by atoms with Crippen molar-refractivity contribution in [3.8, 4) is 5.75 Å². The number of rotatable bonds is 5. The molecule has 1 N–H and O–H groups in total. The van der Waals surface area contributed by atoms with E-state index in [0.29, 0.717) is 6.04 Å². The van der Waals surface area contributed by atoms with Gasteiger partial charge in [-0.1, -0.05) is 31.5 Å². The molecule has 2 heteroatoms. The smallest absolute Gasteiger partial charge is 0.122 e. The normalized spacial score (nSPS) is 25.1. The lowest BCUT2D eigenvalue weighted by molar-refractivity contribution is 0.358. The third-order valence-electron chi connectivity index (χ3n) is 4.31. The van der Waals surface area contributed by atoms with Gasteiger partial charge in [0.25, 0.3) is 0 Å². The minimum Gasteiger partial charge on any atom is -0.496 e. The molecule has 18 heavy (non-hydrogen) atoms. The van der Waals surface area contributed by atoms with Crippen LogP contribution in [0.25, 0.3) is 0 Å². The molecule has 0 spiro atoms. The van der Waals surface area contributed by atoms with Gasteiger partial charge >= 0.3 is 0 Å². The highest BCUT2D eigenvalue weighted by molar-refractivity contribution is 5.34. The fourth-order valence-electron chi connectivity index (χ4n) is 3.23. The monoisotopic (exact) mass is 247 g/mol. The summed E-state index contributed by atoms with van der Waals surface area (Å²) >= 11 is 0. The fourth-order valence-corrected chi connectivity index (χ4v) is 3.23. The largest absolute Gasteiger partial charge is 0.496 e. The molecule has 0 amide bonds. The SMILES string of the molecule is CNC(Cc1ccccc1OC)C1CCC(C)C1. The molecule has 0 saturated heterocycles. The van der Waals surface area contributed by atoms with E-state index in [1.54, 1.807) is 7.11 Å². The zero-order chi connectivity index (χ0) is 13.0. The third-order valence-corrected chi connectivity index (χ3v) is 4.31. The lowest BCUT2D eigenvalue weighted by atomic mass is 9.91. The maximum atomic E-state index is 5.45. The van der Waals surface area contributed by atoms with Crippen molar-refractivity contribution in [3.05, 3.63) is 29.8 Å². The zero-order valence-electron chi connectivity index (χ0n) is 11.8. The van der Waals surface area contributed by atoms with Crippen molar-refractivity contribution in [3.63, 3.8) is 0 Å². The molecule has 1 aliphatic carbocycles. The first-order valence-corrected chi connectivity index (χ1v) is 7.03. The maximum Gasteiger partial charge on any atom is 0.122 e. The quantitative estimate of drug-likeness (QED) is 0.862. The molecule has 1 aromatic carbocycles. The molecule has 2 nitrogen and oxygen atoms in total. The van der Waals surface area contributed by atoms with Crippen LogP contribution in [0.1, 0.15) is 31.7 Å². The van der Waals surface area contributed by atoms with E-state index in [0.717, 1.165) is 24.0 Å². The molecule has 1 saturated carbocycles. The van der Waals surface area contributed by atoms with Gasteiger partial charge in [0.2, 0.25) is 0 Å². The molecule has 1 fully saturated rings. The summed E-state index contributed by atoms with van der Waals surface area (Å²) in [4.78, 5) is 0. The summed E-state index contributed by atoms with van der Waals surface area (Å²) in [6.45, 7) is 2.37. The lowest BCUT2D eigenvalue weighted by Crippen LogP contribution is -2.34. The van der Waals surface area contributed by atoms with Gasteiger partial charge in [-0.3, -0.25) is 0 Å². The van der Waals surface area contributed by atoms with Gasteiger partial charge in [0.1, 0.15) is 5.75 Å². The molecule has 0 aliphatic heterocycles. The zero-order valence-corrected chi connectivity index (χ0v) is 11.8. The van der Waals surface area contributed by atoms with Crippen LogP contribution in [0.2, 0.25) is 0 Å². The number of nitrogens with one attached hydrogen (secondary N) is 1. The van der Waals surface area contributed by atoms with E-state index < -0.39 is 0 Å². The van der Waals surface area contributed by atoms with Crippen LogP contribution in [0.3, 0.4) is 0 Å². The molecule has 0 aromatic heterocycles. The Morgan fingerprint density at radius 1 is 1.33 bits per heavy atom. The maximum absolute atomic E-state index is 5.45. The van der Waals surface area contributed by atoms with Crippen molar-refractivity contribution in [1.29, 1.82) is 0 Å². The van der Waals surface area contributed by atoms with Crippen LogP contribution in [0.4, 0.5) is 0 Å². The second-order valence-electron chi connectivity index (χ2n) is 5.59. The van der Waals surface area contributed by atoms with E-state index >= 15 is 0 Å². The molecule has 3 atom stereocenters. The Hall–Kier alpha value is -1.02. The molecule has 1 aromatic rings. The average molecular weight is 247 g/mol. The predicted molar refractivity (Wildman–Crippen MR) is 76.1 cm³/mol. The topological polar surface area (TPSA) is 21.3 Å². The minimum absolute atomic E-state index is 0.575. The summed E-state index contributed by atoms with van der Waals surface area (Å²) in [6.07, 6.45) is 5.18. The van der Waals surface area contributed by atoms with Crippen molar-refractivity contribution in [1.82, 2.24) is 5.32 Å². The summed E-state index contributed by atoms with van der Waals surface area (Å²) in [5.74, 6) is 2.72. The number of methoxy groups -OCH3 is 1. The van der Waals surface area contributed by atoms with Gasteiger partial charge < -0.3 is 10.1 Å². The summed E-state index contributed by atoms with van der Waals surface area (Å²) in [5, 5.41) is 3.51. The molecular formula is C16H25NO. The van der Waals surface area contributed by atoms with Crippen LogP contribution in [0.5, 0.6) is 5.75 Å². The number of hydrogen-bond donors (Lipinski definition) is 1. The molecule has 1 aliphatic rings. The average Bonchev–Trinajstić information content (AvgIpc) is 2.83. The Balaban J connectivity index is 2.05. The number of benzene rings is 1. The van der Waals surface area contributed by atoms with Gasteiger partial charge in [0.15, 0.2) is 0 Å². The fraction of sp³-hybridized carbons (Fsp3) is 0.625. The van der Waals surface area contributed by atoms with Gasteiger partial charge in [-0.05, 0) is 49.8 Å². The van der Waals surface area contributed by atoms with E-state index in [4.69, 9.17) is 4.74 Å².